The number of fused-ring (bicyclic) bond motifs is 1. The lowest BCUT2D eigenvalue weighted by atomic mass is 9.98. The van der Waals surface area contributed by atoms with Crippen molar-refractivity contribution in [2.24, 2.45) is 11.7 Å². The summed E-state index contributed by atoms with van der Waals surface area (Å²) in [7, 11) is 0. The molecule has 124 valence electrons. The maximum absolute atomic E-state index is 12.4. The van der Waals surface area contributed by atoms with Crippen LogP contribution in [0.25, 0.3) is 10.9 Å². The Morgan fingerprint density at radius 2 is 2.13 bits per heavy atom. The number of carbonyl (C=O) groups excluding carboxylic acids is 1. The number of likely N-dealkylation sites (tertiary alicyclic amines) is 1. The van der Waals surface area contributed by atoms with Gasteiger partial charge >= 0.3 is 0 Å². The highest BCUT2D eigenvalue weighted by atomic mass is 35.5. The van der Waals surface area contributed by atoms with E-state index in [2.05, 4.69) is 4.98 Å². The van der Waals surface area contributed by atoms with Gasteiger partial charge < -0.3 is 10.6 Å². The summed E-state index contributed by atoms with van der Waals surface area (Å²) in [5, 5.41) is 0.538. The molecule has 1 fully saturated rings. The van der Waals surface area contributed by atoms with Gasteiger partial charge in [0.2, 0.25) is 5.91 Å². The maximum atomic E-state index is 12.4. The highest BCUT2D eigenvalue weighted by Gasteiger charge is 2.23. The Morgan fingerprint density at radius 1 is 1.35 bits per heavy atom. The molecule has 1 amide bonds. The number of halogens is 1. The average molecular weight is 337 g/mol. The van der Waals surface area contributed by atoms with Crippen LogP contribution in [0.4, 0.5) is 0 Å². The van der Waals surface area contributed by atoms with Gasteiger partial charge in [-0.3, -0.25) is 14.2 Å². The average Bonchev–Trinajstić information content (AvgIpc) is 2.57. The van der Waals surface area contributed by atoms with Crippen molar-refractivity contribution in [2.45, 2.75) is 19.4 Å². The molecule has 1 aromatic carbocycles. The van der Waals surface area contributed by atoms with E-state index in [1.807, 2.05) is 11.0 Å². The molecular weight excluding hydrogens is 316 g/mol. The molecule has 0 bridgehead atoms. The maximum Gasteiger partial charge on any atom is 0.261 e. The Hall–Kier alpha value is -1.92. The summed E-state index contributed by atoms with van der Waals surface area (Å²) in [6, 6.07) is 7.16. The van der Waals surface area contributed by atoms with E-state index in [0.717, 1.165) is 19.4 Å². The predicted octanol–water partition coefficient (Wildman–Crippen LogP) is 1.02. The lowest BCUT2D eigenvalue weighted by molar-refractivity contribution is -0.133. The zero-order valence-corrected chi connectivity index (χ0v) is 13.7. The molecule has 0 saturated carbocycles. The van der Waals surface area contributed by atoms with Crippen LogP contribution >= 0.6 is 12.4 Å². The highest BCUT2D eigenvalue weighted by molar-refractivity contribution is 5.85. The number of para-hydroxylation sites is 1. The first-order chi connectivity index (χ1) is 10.7. The van der Waals surface area contributed by atoms with E-state index in [9.17, 15) is 9.59 Å². The number of aromatic nitrogens is 2. The molecule has 2 aromatic rings. The van der Waals surface area contributed by atoms with Crippen LogP contribution in [-0.4, -0.2) is 40.0 Å². The molecule has 6 nitrogen and oxygen atoms in total. The van der Waals surface area contributed by atoms with Crippen LogP contribution in [-0.2, 0) is 11.3 Å². The van der Waals surface area contributed by atoms with Crippen LogP contribution in [0, 0.1) is 5.92 Å². The monoisotopic (exact) mass is 336 g/mol. The van der Waals surface area contributed by atoms with Gasteiger partial charge in [0.15, 0.2) is 0 Å². The van der Waals surface area contributed by atoms with E-state index >= 15 is 0 Å². The van der Waals surface area contributed by atoms with Crippen molar-refractivity contribution in [1.29, 1.82) is 0 Å². The number of carbonyl (C=O) groups is 1. The van der Waals surface area contributed by atoms with Crippen molar-refractivity contribution in [3.63, 3.8) is 0 Å². The number of piperidine rings is 1. The van der Waals surface area contributed by atoms with Crippen LogP contribution in [0.2, 0.25) is 0 Å². The zero-order valence-electron chi connectivity index (χ0n) is 12.9. The molecule has 1 aliphatic rings. The van der Waals surface area contributed by atoms with Crippen molar-refractivity contribution < 1.29 is 4.79 Å². The summed E-state index contributed by atoms with van der Waals surface area (Å²) in [5.74, 6) is 0.321. The van der Waals surface area contributed by atoms with Crippen LogP contribution < -0.4 is 11.3 Å². The minimum Gasteiger partial charge on any atom is -0.341 e. The molecule has 7 heteroatoms. The molecule has 23 heavy (non-hydrogen) atoms. The summed E-state index contributed by atoms with van der Waals surface area (Å²) >= 11 is 0. The zero-order chi connectivity index (χ0) is 15.5. The fraction of sp³-hybridized carbons (Fsp3) is 0.438. The van der Waals surface area contributed by atoms with E-state index in [1.165, 1.54) is 10.9 Å². The second kappa shape index (κ2) is 7.57. The summed E-state index contributed by atoms with van der Waals surface area (Å²) in [6.07, 6.45) is 3.49. The second-order valence-electron chi connectivity index (χ2n) is 5.78. The number of hydrogen-bond donors (Lipinski definition) is 1. The number of nitrogens with two attached hydrogens (primary N) is 1. The number of benzene rings is 1. The lowest BCUT2D eigenvalue weighted by Crippen LogP contribution is -2.44. The van der Waals surface area contributed by atoms with Crippen molar-refractivity contribution in [1.82, 2.24) is 14.5 Å². The van der Waals surface area contributed by atoms with E-state index < -0.39 is 0 Å². The molecule has 2 N–H and O–H groups in total. The Morgan fingerprint density at radius 3 is 2.91 bits per heavy atom. The first kappa shape index (κ1) is 17.4. The topological polar surface area (TPSA) is 81.2 Å². The predicted molar refractivity (Wildman–Crippen MR) is 91.6 cm³/mol. The molecule has 1 saturated heterocycles. The van der Waals surface area contributed by atoms with Gasteiger partial charge in [-0.15, -0.1) is 12.4 Å². The molecule has 1 atom stereocenters. The molecule has 0 aliphatic carbocycles. The van der Waals surface area contributed by atoms with Gasteiger partial charge in [-0.25, -0.2) is 4.98 Å². The largest absolute Gasteiger partial charge is 0.341 e. The van der Waals surface area contributed by atoms with Crippen molar-refractivity contribution in [3.8, 4) is 0 Å². The van der Waals surface area contributed by atoms with E-state index in [-0.39, 0.29) is 30.4 Å². The van der Waals surface area contributed by atoms with Gasteiger partial charge in [-0.2, -0.15) is 0 Å². The fourth-order valence-electron chi connectivity index (χ4n) is 2.95. The normalized spacial score (nSPS) is 17.8. The second-order valence-corrected chi connectivity index (χ2v) is 5.78. The first-order valence-corrected chi connectivity index (χ1v) is 7.61. The molecule has 1 aromatic heterocycles. The Kier molecular flexibility index (Phi) is 5.74. The summed E-state index contributed by atoms with van der Waals surface area (Å²) in [4.78, 5) is 30.9. The quantitative estimate of drug-likeness (QED) is 0.907. The summed E-state index contributed by atoms with van der Waals surface area (Å²) < 4.78 is 1.39. The highest BCUT2D eigenvalue weighted by Crippen LogP contribution is 2.15. The smallest absolute Gasteiger partial charge is 0.261 e. The van der Waals surface area contributed by atoms with Crippen LogP contribution in [0.3, 0.4) is 0 Å². The van der Waals surface area contributed by atoms with Crippen LogP contribution in [0.15, 0.2) is 35.4 Å². The molecule has 1 aliphatic heterocycles. The Labute approximate surface area is 140 Å². The number of nitrogens with zero attached hydrogens (tertiary/aromatic N) is 3. The standard InChI is InChI=1S/C16H20N4O2.ClH/c17-8-12-4-3-7-19(9-12)15(21)10-20-11-18-14-6-2-1-5-13(14)16(20)22;/h1-2,5-6,11-12H,3-4,7-10,17H2;1H. The van der Waals surface area contributed by atoms with Crippen LogP contribution in [0.5, 0.6) is 0 Å². The van der Waals surface area contributed by atoms with Gasteiger partial charge in [-0.1, -0.05) is 12.1 Å². The van der Waals surface area contributed by atoms with Crippen molar-refractivity contribution >= 4 is 29.2 Å². The Balaban J connectivity index is 0.00000192. The third kappa shape index (κ3) is 3.71. The van der Waals surface area contributed by atoms with Gasteiger partial charge in [-0.05, 0) is 37.4 Å². The molecule has 2 heterocycles. The first-order valence-electron chi connectivity index (χ1n) is 7.61. The van der Waals surface area contributed by atoms with Crippen LogP contribution in [0.1, 0.15) is 12.8 Å². The molecule has 3 rings (SSSR count). The van der Waals surface area contributed by atoms with Gasteiger partial charge in [0, 0.05) is 13.1 Å². The Bertz CT molecular complexity index is 746. The van der Waals surface area contributed by atoms with E-state index in [1.54, 1.807) is 18.2 Å². The van der Waals surface area contributed by atoms with E-state index in [0.29, 0.717) is 29.9 Å². The summed E-state index contributed by atoms with van der Waals surface area (Å²) in [5.41, 5.74) is 6.18. The van der Waals surface area contributed by atoms with Crippen molar-refractivity contribution in [2.75, 3.05) is 19.6 Å². The van der Waals surface area contributed by atoms with Gasteiger partial charge in [0.05, 0.1) is 17.2 Å². The third-order valence-corrected chi connectivity index (χ3v) is 4.24. The number of hydrogen-bond acceptors (Lipinski definition) is 4. The van der Waals surface area contributed by atoms with E-state index in [4.69, 9.17) is 5.73 Å². The van der Waals surface area contributed by atoms with Gasteiger partial charge in [0.1, 0.15) is 6.54 Å². The fourth-order valence-corrected chi connectivity index (χ4v) is 2.95. The lowest BCUT2D eigenvalue weighted by Gasteiger charge is -2.32. The molecule has 0 spiro atoms. The molecule has 0 radical (unpaired) electrons. The minimum absolute atomic E-state index is 0. The third-order valence-electron chi connectivity index (χ3n) is 4.24. The minimum atomic E-state index is -0.175. The molecular formula is C16H21ClN4O2. The van der Waals surface area contributed by atoms with Gasteiger partial charge in [0.25, 0.3) is 5.56 Å². The molecule has 1 unspecified atom stereocenters. The number of amides is 1. The van der Waals surface area contributed by atoms with Crippen molar-refractivity contribution in [3.05, 3.63) is 40.9 Å². The summed E-state index contributed by atoms with van der Waals surface area (Å²) in [6.45, 7) is 2.06. The SMILES string of the molecule is Cl.NCC1CCCN(C(=O)Cn2cnc3ccccc3c2=O)C1. The number of rotatable bonds is 3.